The van der Waals surface area contributed by atoms with Gasteiger partial charge in [0, 0.05) is 11.1 Å². The molecular weight excluding hydrogens is 386 g/mol. The Morgan fingerprint density at radius 1 is 1.07 bits per heavy atom. The van der Waals surface area contributed by atoms with E-state index in [0.717, 1.165) is 21.1 Å². The number of hydrazone groups is 1. The van der Waals surface area contributed by atoms with Crippen LogP contribution >= 0.6 is 0 Å². The SMILES string of the molecule is C/C(=N/NC(=O)CN(c1ccc(C)cc1C)S(=O)(=O)c1ccccc1)C(C)(C)C. The molecule has 2 rings (SSSR count). The van der Waals surface area contributed by atoms with Gasteiger partial charge in [-0.25, -0.2) is 13.8 Å². The first-order valence-electron chi connectivity index (χ1n) is 9.41. The maximum atomic E-state index is 13.3. The van der Waals surface area contributed by atoms with Crippen molar-refractivity contribution in [2.45, 2.75) is 46.4 Å². The summed E-state index contributed by atoms with van der Waals surface area (Å²) in [5.41, 5.74) is 5.28. The molecule has 0 aromatic heterocycles. The van der Waals surface area contributed by atoms with Gasteiger partial charge in [-0.15, -0.1) is 0 Å². The molecule has 1 N–H and O–H groups in total. The molecule has 156 valence electrons. The summed E-state index contributed by atoms with van der Waals surface area (Å²) < 4.78 is 27.8. The zero-order chi connectivity index (χ0) is 21.8. The van der Waals surface area contributed by atoms with E-state index in [9.17, 15) is 13.2 Å². The van der Waals surface area contributed by atoms with E-state index < -0.39 is 15.9 Å². The molecule has 29 heavy (non-hydrogen) atoms. The molecule has 0 spiro atoms. The first kappa shape index (κ1) is 22.6. The number of nitrogens with one attached hydrogen (secondary N) is 1. The average Bonchev–Trinajstić information content (AvgIpc) is 2.64. The Kier molecular flexibility index (Phi) is 6.85. The van der Waals surface area contributed by atoms with Crippen molar-refractivity contribution in [3.8, 4) is 0 Å². The van der Waals surface area contributed by atoms with Gasteiger partial charge in [0.05, 0.1) is 10.6 Å². The lowest BCUT2D eigenvalue weighted by Crippen LogP contribution is -2.40. The van der Waals surface area contributed by atoms with E-state index in [-0.39, 0.29) is 16.9 Å². The van der Waals surface area contributed by atoms with Crippen molar-refractivity contribution in [1.82, 2.24) is 5.43 Å². The van der Waals surface area contributed by atoms with Gasteiger partial charge in [-0.1, -0.05) is 56.7 Å². The van der Waals surface area contributed by atoms with Crippen LogP contribution in [0.5, 0.6) is 0 Å². The zero-order valence-electron chi connectivity index (χ0n) is 17.9. The number of carbonyl (C=O) groups is 1. The second-order valence-corrected chi connectivity index (χ2v) is 9.96. The second-order valence-electron chi connectivity index (χ2n) is 8.10. The van der Waals surface area contributed by atoms with Crippen LogP contribution in [0.25, 0.3) is 0 Å². The summed E-state index contributed by atoms with van der Waals surface area (Å²) in [5, 5.41) is 4.13. The topological polar surface area (TPSA) is 78.8 Å². The molecule has 0 fully saturated rings. The number of rotatable bonds is 6. The lowest BCUT2D eigenvalue weighted by Gasteiger charge is -2.25. The minimum Gasteiger partial charge on any atom is -0.271 e. The zero-order valence-corrected chi connectivity index (χ0v) is 18.7. The van der Waals surface area contributed by atoms with E-state index in [1.807, 2.05) is 53.7 Å². The normalized spacial score (nSPS) is 12.6. The fraction of sp³-hybridized carbons (Fsp3) is 0.364. The summed E-state index contributed by atoms with van der Waals surface area (Å²) in [6, 6.07) is 13.5. The smallest absolute Gasteiger partial charge is 0.264 e. The van der Waals surface area contributed by atoms with Gasteiger partial charge >= 0.3 is 0 Å². The number of carbonyl (C=O) groups excluding carboxylic acids is 1. The summed E-state index contributed by atoms with van der Waals surface area (Å²) >= 11 is 0. The first-order valence-corrected chi connectivity index (χ1v) is 10.9. The molecule has 2 aromatic rings. The Morgan fingerprint density at radius 3 is 2.24 bits per heavy atom. The number of sulfonamides is 1. The molecule has 1 amide bonds. The van der Waals surface area contributed by atoms with Gasteiger partial charge in [0.15, 0.2) is 0 Å². The summed E-state index contributed by atoms with van der Waals surface area (Å²) in [6.07, 6.45) is 0. The fourth-order valence-electron chi connectivity index (χ4n) is 2.58. The monoisotopic (exact) mass is 415 g/mol. The standard InChI is InChI=1S/C22H29N3O3S/c1-16-12-13-20(17(2)14-16)25(29(27,28)19-10-8-7-9-11-19)15-21(26)24-23-18(3)22(4,5)6/h7-14H,15H2,1-6H3,(H,24,26)/b23-18-. The van der Waals surface area contributed by atoms with Gasteiger partial charge in [0.25, 0.3) is 15.9 Å². The first-order chi connectivity index (χ1) is 13.4. The van der Waals surface area contributed by atoms with Crippen LogP contribution in [0, 0.1) is 19.3 Å². The van der Waals surface area contributed by atoms with E-state index in [1.54, 1.807) is 24.3 Å². The molecule has 0 aliphatic rings. The van der Waals surface area contributed by atoms with Crippen LogP contribution < -0.4 is 9.73 Å². The van der Waals surface area contributed by atoms with E-state index in [2.05, 4.69) is 10.5 Å². The average molecular weight is 416 g/mol. The molecule has 0 radical (unpaired) electrons. The third-order valence-corrected chi connectivity index (χ3v) is 6.45. The molecule has 0 saturated carbocycles. The molecule has 0 aliphatic heterocycles. The van der Waals surface area contributed by atoms with Crippen LogP contribution in [0.3, 0.4) is 0 Å². The van der Waals surface area contributed by atoms with Crippen LogP contribution in [-0.2, 0) is 14.8 Å². The molecular formula is C22H29N3O3S. The number of nitrogens with zero attached hydrogens (tertiary/aromatic N) is 2. The molecule has 2 aromatic carbocycles. The molecule has 0 atom stereocenters. The highest BCUT2D eigenvalue weighted by Crippen LogP contribution is 2.27. The highest BCUT2D eigenvalue weighted by atomic mass is 32.2. The van der Waals surface area contributed by atoms with Crippen molar-refractivity contribution in [3.63, 3.8) is 0 Å². The second kappa shape index (κ2) is 8.78. The number of hydrogen-bond acceptors (Lipinski definition) is 4. The Labute approximate surface area is 173 Å². The molecule has 0 heterocycles. The number of benzene rings is 2. The lowest BCUT2D eigenvalue weighted by atomic mass is 9.91. The minimum atomic E-state index is -3.93. The van der Waals surface area contributed by atoms with Crippen LogP contribution in [0.15, 0.2) is 58.5 Å². The highest BCUT2D eigenvalue weighted by Gasteiger charge is 2.28. The van der Waals surface area contributed by atoms with E-state index in [0.29, 0.717) is 5.69 Å². The largest absolute Gasteiger partial charge is 0.271 e. The van der Waals surface area contributed by atoms with Gasteiger partial charge in [-0.05, 0) is 44.5 Å². The molecule has 0 unspecified atom stereocenters. The molecule has 0 aliphatic carbocycles. The Hall–Kier alpha value is -2.67. The fourth-order valence-corrected chi connectivity index (χ4v) is 4.09. The summed E-state index contributed by atoms with van der Waals surface area (Å²) in [6.45, 7) is 11.2. The number of aryl methyl sites for hydroxylation is 2. The van der Waals surface area contributed by atoms with Gasteiger partial charge in [-0.3, -0.25) is 9.10 Å². The lowest BCUT2D eigenvalue weighted by molar-refractivity contribution is -0.119. The van der Waals surface area contributed by atoms with Crippen LogP contribution in [0.1, 0.15) is 38.8 Å². The third kappa shape index (κ3) is 5.67. The van der Waals surface area contributed by atoms with Crippen LogP contribution in [-0.4, -0.2) is 26.6 Å². The van der Waals surface area contributed by atoms with Crippen molar-refractivity contribution in [2.24, 2.45) is 10.5 Å². The van der Waals surface area contributed by atoms with Crippen LogP contribution in [0.2, 0.25) is 0 Å². The third-order valence-electron chi connectivity index (χ3n) is 4.67. The number of hydrogen-bond donors (Lipinski definition) is 1. The maximum Gasteiger partial charge on any atom is 0.264 e. The van der Waals surface area contributed by atoms with Crippen molar-refractivity contribution < 1.29 is 13.2 Å². The summed E-state index contributed by atoms with van der Waals surface area (Å²) in [7, 11) is -3.93. The maximum absolute atomic E-state index is 13.3. The molecule has 0 saturated heterocycles. The van der Waals surface area contributed by atoms with Gasteiger partial charge < -0.3 is 0 Å². The predicted molar refractivity (Wildman–Crippen MR) is 118 cm³/mol. The van der Waals surface area contributed by atoms with Crippen molar-refractivity contribution in [1.29, 1.82) is 0 Å². The van der Waals surface area contributed by atoms with E-state index in [4.69, 9.17) is 0 Å². The van der Waals surface area contributed by atoms with Crippen LogP contribution in [0.4, 0.5) is 5.69 Å². The number of amides is 1. The Balaban J connectivity index is 2.42. The van der Waals surface area contributed by atoms with Crippen molar-refractivity contribution in [3.05, 3.63) is 59.7 Å². The summed E-state index contributed by atoms with van der Waals surface area (Å²) in [5.74, 6) is -0.506. The molecule has 6 nitrogen and oxygen atoms in total. The van der Waals surface area contributed by atoms with Gasteiger partial charge in [-0.2, -0.15) is 5.10 Å². The van der Waals surface area contributed by atoms with E-state index >= 15 is 0 Å². The minimum absolute atomic E-state index is 0.127. The van der Waals surface area contributed by atoms with Crippen molar-refractivity contribution in [2.75, 3.05) is 10.8 Å². The molecule has 7 heteroatoms. The molecule has 0 bridgehead atoms. The predicted octanol–water partition coefficient (Wildman–Crippen LogP) is 4.04. The highest BCUT2D eigenvalue weighted by molar-refractivity contribution is 7.92. The Bertz CT molecular complexity index is 1010. The van der Waals surface area contributed by atoms with Gasteiger partial charge in [0.1, 0.15) is 6.54 Å². The summed E-state index contributed by atoms with van der Waals surface area (Å²) in [4.78, 5) is 12.7. The van der Waals surface area contributed by atoms with Crippen molar-refractivity contribution >= 4 is 27.3 Å². The quantitative estimate of drug-likeness (QED) is 0.571. The number of anilines is 1. The Morgan fingerprint density at radius 2 is 1.69 bits per heavy atom. The van der Waals surface area contributed by atoms with E-state index in [1.165, 1.54) is 12.1 Å². The van der Waals surface area contributed by atoms with Gasteiger partial charge in [0.2, 0.25) is 0 Å².